The zero-order valence-electron chi connectivity index (χ0n) is 64.8. The molecule has 0 saturated carbocycles. The summed E-state index contributed by atoms with van der Waals surface area (Å²) in [4.78, 5) is 73.0. The molecular weight excluding hydrogens is 1290 g/mol. The minimum Gasteiger partial charge on any atom is -0.462 e. The maximum absolute atomic E-state index is 13.1. The molecule has 0 aliphatic rings. The average molecular weight is 1450 g/mol. The summed E-state index contributed by atoms with van der Waals surface area (Å²) in [5, 5.41) is 10.6. The first kappa shape index (κ1) is 97.1. The Morgan fingerprint density at radius 1 is 0.273 bits per heavy atom. The lowest BCUT2D eigenvalue weighted by atomic mass is 10.0. The van der Waals surface area contributed by atoms with Gasteiger partial charge in [-0.05, 0) is 37.5 Å². The second-order valence-corrected chi connectivity index (χ2v) is 32.7. The molecule has 0 rings (SSSR count). The molecule has 0 heterocycles. The van der Waals surface area contributed by atoms with Crippen molar-refractivity contribution in [2.45, 2.75) is 439 Å². The number of unbranched alkanes of at least 4 members (excludes halogenated alkanes) is 49. The van der Waals surface area contributed by atoms with Gasteiger partial charge in [0, 0.05) is 25.7 Å². The molecule has 0 spiro atoms. The van der Waals surface area contributed by atoms with Crippen LogP contribution in [0.15, 0.2) is 0 Å². The van der Waals surface area contributed by atoms with Crippen molar-refractivity contribution >= 4 is 39.5 Å². The first-order chi connectivity index (χ1) is 47.9. The smallest absolute Gasteiger partial charge is 0.462 e. The lowest BCUT2D eigenvalue weighted by Gasteiger charge is -2.21. The van der Waals surface area contributed by atoms with E-state index in [0.717, 1.165) is 102 Å². The van der Waals surface area contributed by atoms with E-state index in [4.69, 9.17) is 37.0 Å². The second kappa shape index (κ2) is 71.7. The molecule has 0 aromatic heterocycles. The topological polar surface area (TPSA) is 237 Å². The third kappa shape index (κ3) is 74.1. The summed E-state index contributed by atoms with van der Waals surface area (Å²) in [5.74, 6) is -0.571. The molecule has 0 radical (unpaired) electrons. The predicted molar refractivity (Wildman–Crippen MR) is 405 cm³/mol. The van der Waals surface area contributed by atoms with Crippen molar-refractivity contribution in [1.29, 1.82) is 0 Å². The monoisotopic (exact) mass is 1450 g/mol. The maximum atomic E-state index is 13.1. The van der Waals surface area contributed by atoms with Crippen molar-refractivity contribution in [1.82, 2.24) is 0 Å². The van der Waals surface area contributed by atoms with Crippen LogP contribution in [0, 0.1) is 11.8 Å². The number of phosphoric ester groups is 2. The van der Waals surface area contributed by atoms with Crippen molar-refractivity contribution in [3.05, 3.63) is 0 Å². The Morgan fingerprint density at radius 3 is 0.687 bits per heavy atom. The molecule has 5 atom stereocenters. The van der Waals surface area contributed by atoms with Gasteiger partial charge in [-0.15, -0.1) is 0 Å². The van der Waals surface area contributed by atoms with E-state index in [1.165, 1.54) is 238 Å². The predicted octanol–water partition coefficient (Wildman–Crippen LogP) is 23.9. The number of aliphatic hydroxyl groups excluding tert-OH is 1. The number of rotatable bonds is 79. The summed E-state index contributed by atoms with van der Waals surface area (Å²) in [6.45, 7) is 9.63. The number of carbonyl (C=O) groups excluding carboxylic acids is 4. The molecule has 0 amide bonds. The van der Waals surface area contributed by atoms with Gasteiger partial charge in [0.25, 0.3) is 0 Å². The minimum absolute atomic E-state index is 0.106. The highest BCUT2D eigenvalue weighted by Gasteiger charge is 2.30. The Morgan fingerprint density at radius 2 is 0.465 bits per heavy atom. The van der Waals surface area contributed by atoms with Crippen molar-refractivity contribution in [3.8, 4) is 0 Å². The van der Waals surface area contributed by atoms with E-state index in [9.17, 15) is 43.2 Å². The van der Waals surface area contributed by atoms with E-state index in [2.05, 4.69) is 41.5 Å². The van der Waals surface area contributed by atoms with E-state index in [-0.39, 0.29) is 25.7 Å². The molecule has 3 N–H and O–H groups in total. The van der Waals surface area contributed by atoms with E-state index in [0.29, 0.717) is 25.7 Å². The standard InChI is InChI=1S/C80H156O17P2/c1-7-9-11-13-15-17-19-20-21-22-23-26-29-33-39-45-51-57-63-78(83)91-68-75(96-79(84)64-58-52-46-40-34-30-27-24-25-28-32-36-42-48-54-60-72(3)4)70-94-98(86,87)92-66-74(81)67-93-99(88,89)95-71-76(69-90-77(82)62-56-50-44-38-31-18-16-14-12-10-8-2)97-80(85)65-59-53-47-41-35-37-43-49-55-61-73(5)6/h72-76,81H,7-71H2,1-6H3,(H,86,87)(H,88,89)/t74-,75-,76-/m1/s1. The summed E-state index contributed by atoms with van der Waals surface area (Å²) >= 11 is 0. The zero-order valence-corrected chi connectivity index (χ0v) is 66.6. The first-order valence-corrected chi connectivity index (χ1v) is 44.5. The van der Waals surface area contributed by atoms with Gasteiger partial charge in [-0.2, -0.15) is 0 Å². The number of aliphatic hydroxyl groups is 1. The summed E-state index contributed by atoms with van der Waals surface area (Å²) in [5.41, 5.74) is 0. The highest BCUT2D eigenvalue weighted by atomic mass is 31.2. The Kier molecular flexibility index (Phi) is 70.3. The molecular formula is C80H156O17P2. The lowest BCUT2D eigenvalue weighted by molar-refractivity contribution is -0.161. The highest BCUT2D eigenvalue weighted by molar-refractivity contribution is 7.47. The Labute approximate surface area is 607 Å². The van der Waals surface area contributed by atoms with Gasteiger partial charge in [-0.1, -0.05) is 369 Å². The third-order valence-electron chi connectivity index (χ3n) is 18.7. The molecule has 0 bridgehead atoms. The quantitative estimate of drug-likeness (QED) is 0.0222. The van der Waals surface area contributed by atoms with Gasteiger partial charge >= 0.3 is 39.5 Å². The van der Waals surface area contributed by atoms with Gasteiger partial charge in [0.15, 0.2) is 12.2 Å². The van der Waals surface area contributed by atoms with Crippen LogP contribution in [0.25, 0.3) is 0 Å². The van der Waals surface area contributed by atoms with Crippen LogP contribution in [0.5, 0.6) is 0 Å². The fraction of sp³-hybridized carbons (Fsp3) is 0.950. The van der Waals surface area contributed by atoms with Crippen LogP contribution < -0.4 is 0 Å². The van der Waals surface area contributed by atoms with Crippen LogP contribution in [0.2, 0.25) is 0 Å². The number of carbonyl (C=O) groups is 4. The minimum atomic E-state index is -4.96. The Hall–Kier alpha value is -1.94. The summed E-state index contributed by atoms with van der Waals surface area (Å²) < 4.78 is 68.7. The van der Waals surface area contributed by atoms with Crippen LogP contribution in [0.4, 0.5) is 0 Å². The van der Waals surface area contributed by atoms with Crippen LogP contribution in [0.3, 0.4) is 0 Å². The molecule has 99 heavy (non-hydrogen) atoms. The van der Waals surface area contributed by atoms with Crippen molar-refractivity contribution in [2.24, 2.45) is 11.8 Å². The molecule has 0 aliphatic heterocycles. The van der Waals surface area contributed by atoms with Crippen molar-refractivity contribution in [3.63, 3.8) is 0 Å². The summed E-state index contributed by atoms with van der Waals surface area (Å²) in [6.07, 6.45) is 61.0. The second-order valence-electron chi connectivity index (χ2n) is 29.8. The molecule has 0 fully saturated rings. The Bertz CT molecular complexity index is 1910. The van der Waals surface area contributed by atoms with Crippen LogP contribution in [-0.2, 0) is 65.4 Å². The van der Waals surface area contributed by atoms with Crippen molar-refractivity contribution in [2.75, 3.05) is 39.6 Å². The van der Waals surface area contributed by atoms with Gasteiger partial charge in [0.2, 0.25) is 0 Å². The summed E-state index contributed by atoms with van der Waals surface area (Å²) in [6, 6.07) is 0. The highest BCUT2D eigenvalue weighted by Crippen LogP contribution is 2.45. The van der Waals surface area contributed by atoms with Crippen LogP contribution in [0.1, 0.15) is 420 Å². The van der Waals surface area contributed by atoms with Gasteiger partial charge in [-0.25, -0.2) is 9.13 Å². The molecule has 0 aromatic rings. The van der Waals surface area contributed by atoms with Gasteiger partial charge in [-0.3, -0.25) is 37.3 Å². The number of ether oxygens (including phenoxy) is 4. The molecule has 0 aromatic carbocycles. The number of hydrogen-bond acceptors (Lipinski definition) is 15. The normalized spacial score (nSPS) is 13.9. The fourth-order valence-electron chi connectivity index (χ4n) is 12.4. The number of esters is 4. The SMILES string of the molecule is CCCCCCCCCCCCCCCCCCCCC(=O)OC[C@H](COP(=O)(O)OC[C@@H](O)COP(=O)(O)OC[C@@H](COC(=O)CCCCCCCCCCCCC)OC(=O)CCCCCCCCCCCC(C)C)OC(=O)CCCCCCCCCCCCCCCCCC(C)C. The summed E-state index contributed by atoms with van der Waals surface area (Å²) in [7, 11) is -9.92. The largest absolute Gasteiger partial charge is 0.472 e. The fourth-order valence-corrected chi connectivity index (χ4v) is 13.9. The molecule has 0 saturated heterocycles. The maximum Gasteiger partial charge on any atom is 0.472 e. The Balaban J connectivity index is 5.24. The molecule has 0 aliphatic carbocycles. The molecule has 17 nitrogen and oxygen atoms in total. The van der Waals surface area contributed by atoms with E-state index in [1.807, 2.05) is 0 Å². The molecule has 2 unspecified atom stereocenters. The van der Waals surface area contributed by atoms with Gasteiger partial charge in [0.05, 0.1) is 26.4 Å². The first-order valence-electron chi connectivity index (χ1n) is 41.5. The lowest BCUT2D eigenvalue weighted by Crippen LogP contribution is -2.30. The molecule has 588 valence electrons. The molecule has 19 heteroatoms. The van der Waals surface area contributed by atoms with E-state index in [1.54, 1.807) is 0 Å². The number of hydrogen-bond donors (Lipinski definition) is 3. The van der Waals surface area contributed by atoms with Gasteiger partial charge in [0.1, 0.15) is 19.3 Å². The number of phosphoric acid groups is 2. The van der Waals surface area contributed by atoms with Gasteiger partial charge < -0.3 is 33.8 Å². The van der Waals surface area contributed by atoms with Crippen LogP contribution >= 0.6 is 15.6 Å². The third-order valence-corrected chi connectivity index (χ3v) is 20.6. The zero-order chi connectivity index (χ0) is 72.8. The van der Waals surface area contributed by atoms with Crippen molar-refractivity contribution < 1.29 is 80.2 Å². The van der Waals surface area contributed by atoms with E-state index < -0.39 is 97.5 Å². The van der Waals surface area contributed by atoms with Crippen LogP contribution in [-0.4, -0.2) is 96.7 Å². The van der Waals surface area contributed by atoms with E-state index >= 15 is 0 Å². The average Bonchev–Trinajstić information content (AvgIpc) is 0.984.